The molecule has 0 aliphatic heterocycles. The normalized spacial score (nSPS) is 16.7. The summed E-state index contributed by atoms with van der Waals surface area (Å²) in [5.41, 5.74) is 5.80. The molecule has 1 aromatic carbocycles. The molecule has 1 unspecified atom stereocenters. The van der Waals surface area contributed by atoms with Gasteiger partial charge in [-0.25, -0.2) is 13.1 Å². The van der Waals surface area contributed by atoms with Crippen LogP contribution in [0.1, 0.15) is 38.5 Å². The number of carbonyl (C=O) groups is 1. The van der Waals surface area contributed by atoms with Gasteiger partial charge in [0.05, 0.1) is 4.90 Å². The van der Waals surface area contributed by atoms with Crippen molar-refractivity contribution in [2.75, 3.05) is 13.1 Å². The molecule has 1 aliphatic carbocycles. The molecule has 2 rings (SSSR count). The maximum absolute atomic E-state index is 12.1. The molecule has 1 atom stereocenters. The van der Waals surface area contributed by atoms with E-state index in [1.807, 2.05) is 0 Å². The van der Waals surface area contributed by atoms with Gasteiger partial charge in [0.15, 0.2) is 0 Å². The molecule has 0 aromatic heterocycles. The van der Waals surface area contributed by atoms with Crippen LogP contribution in [0.2, 0.25) is 0 Å². The summed E-state index contributed by atoms with van der Waals surface area (Å²) in [4.78, 5) is 12.3. The van der Waals surface area contributed by atoms with Crippen LogP contribution in [-0.4, -0.2) is 33.5 Å². The minimum Gasteiger partial charge on any atom is -0.352 e. The topological polar surface area (TPSA) is 101 Å². The first-order valence-electron chi connectivity index (χ1n) is 8.57. The number of hydrogen-bond donors (Lipinski definition) is 3. The summed E-state index contributed by atoms with van der Waals surface area (Å²) in [7, 11) is -3.57. The van der Waals surface area contributed by atoms with Crippen molar-refractivity contribution in [3.8, 4) is 0 Å². The molecule has 8 heteroatoms. The van der Waals surface area contributed by atoms with Crippen LogP contribution in [-0.2, 0) is 14.8 Å². The fourth-order valence-electron chi connectivity index (χ4n) is 3.17. The fraction of sp³-hybridized carbons (Fsp3) is 0.588. The number of amides is 1. The minimum absolute atomic E-state index is 0. The van der Waals surface area contributed by atoms with Crippen LogP contribution in [0.5, 0.6) is 0 Å². The van der Waals surface area contributed by atoms with Crippen LogP contribution in [0.25, 0.3) is 0 Å². The zero-order valence-corrected chi connectivity index (χ0v) is 15.9. The molecule has 1 aromatic rings. The van der Waals surface area contributed by atoms with Crippen molar-refractivity contribution in [2.24, 2.45) is 11.7 Å². The first kappa shape index (κ1) is 21.9. The van der Waals surface area contributed by atoms with Crippen molar-refractivity contribution < 1.29 is 13.2 Å². The number of nitrogens with one attached hydrogen (secondary N) is 2. The van der Waals surface area contributed by atoms with Gasteiger partial charge < -0.3 is 11.1 Å². The summed E-state index contributed by atoms with van der Waals surface area (Å²) >= 11 is 0. The summed E-state index contributed by atoms with van der Waals surface area (Å²) < 4.78 is 26.6. The third-order valence-electron chi connectivity index (χ3n) is 4.52. The molecule has 4 N–H and O–H groups in total. The third-order valence-corrected chi connectivity index (χ3v) is 5.99. The predicted molar refractivity (Wildman–Crippen MR) is 101 cm³/mol. The Bertz CT molecular complexity index is 619. The van der Waals surface area contributed by atoms with E-state index in [4.69, 9.17) is 5.73 Å². The summed E-state index contributed by atoms with van der Waals surface area (Å²) in [6, 6.07) is 8.12. The molecular weight excluding hydrogens is 362 g/mol. The van der Waals surface area contributed by atoms with Crippen LogP contribution >= 0.6 is 12.4 Å². The van der Waals surface area contributed by atoms with E-state index in [0.717, 1.165) is 12.8 Å². The lowest BCUT2D eigenvalue weighted by Gasteiger charge is -2.30. The van der Waals surface area contributed by atoms with Gasteiger partial charge in [0.2, 0.25) is 15.9 Å². The Balaban J connectivity index is 0.00000312. The summed E-state index contributed by atoms with van der Waals surface area (Å²) in [5.74, 6) is 0.278. The van der Waals surface area contributed by atoms with Gasteiger partial charge >= 0.3 is 0 Å². The van der Waals surface area contributed by atoms with E-state index < -0.39 is 10.0 Å². The van der Waals surface area contributed by atoms with Crippen molar-refractivity contribution in [1.82, 2.24) is 10.0 Å². The van der Waals surface area contributed by atoms with Gasteiger partial charge in [-0.05, 0) is 30.9 Å². The molecule has 0 radical (unpaired) electrons. The highest BCUT2D eigenvalue weighted by Gasteiger charge is 2.24. The lowest BCUT2D eigenvalue weighted by atomic mass is 9.84. The summed E-state index contributed by atoms with van der Waals surface area (Å²) in [6.45, 7) is 0.497. The molecule has 0 saturated heterocycles. The van der Waals surface area contributed by atoms with Crippen molar-refractivity contribution in [2.45, 2.75) is 49.5 Å². The fourth-order valence-corrected chi connectivity index (χ4v) is 4.22. The molecule has 0 spiro atoms. The Morgan fingerprint density at radius 3 is 2.40 bits per heavy atom. The van der Waals surface area contributed by atoms with E-state index in [1.54, 1.807) is 18.2 Å². The average molecular weight is 390 g/mol. The van der Waals surface area contributed by atoms with Crippen molar-refractivity contribution in [1.29, 1.82) is 0 Å². The molecule has 1 fully saturated rings. The highest BCUT2D eigenvalue weighted by Crippen LogP contribution is 2.26. The quantitative estimate of drug-likeness (QED) is 0.630. The van der Waals surface area contributed by atoms with Crippen molar-refractivity contribution in [3.05, 3.63) is 30.3 Å². The van der Waals surface area contributed by atoms with Gasteiger partial charge in [-0.3, -0.25) is 4.79 Å². The zero-order chi connectivity index (χ0) is 17.4. The Labute approximate surface area is 156 Å². The Morgan fingerprint density at radius 1 is 1.16 bits per heavy atom. The second-order valence-corrected chi connectivity index (χ2v) is 8.04. The molecule has 1 aliphatic rings. The van der Waals surface area contributed by atoms with E-state index >= 15 is 0 Å². The number of rotatable bonds is 8. The number of halogens is 1. The van der Waals surface area contributed by atoms with E-state index in [1.165, 1.54) is 31.4 Å². The highest BCUT2D eigenvalue weighted by atomic mass is 35.5. The van der Waals surface area contributed by atoms with Crippen LogP contribution in [0.3, 0.4) is 0 Å². The molecular formula is C17H28ClN3O3S. The van der Waals surface area contributed by atoms with Crippen LogP contribution in [0, 0.1) is 5.92 Å². The van der Waals surface area contributed by atoms with E-state index in [0.29, 0.717) is 12.5 Å². The lowest BCUT2D eigenvalue weighted by Crippen LogP contribution is -2.46. The van der Waals surface area contributed by atoms with Crippen LogP contribution in [0.15, 0.2) is 35.2 Å². The molecule has 6 nitrogen and oxygen atoms in total. The predicted octanol–water partition coefficient (Wildman–Crippen LogP) is 1.80. The highest BCUT2D eigenvalue weighted by molar-refractivity contribution is 7.89. The van der Waals surface area contributed by atoms with E-state index in [2.05, 4.69) is 10.0 Å². The van der Waals surface area contributed by atoms with Gasteiger partial charge in [-0.1, -0.05) is 37.5 Å². The Kier molecular flexibility index (Phi) is 9.42. The first-order chi connectivity index (χ1) is 11.5. The Morgan fingerprint density at radius 2 is 1.80 bits per heavy atom. The van der Waals surface area contributed by atoms with Gasteiger partial charge in [0.25, 0.3) is 0 Å². The zero-order valence-electron chi connectivity index (χ0n) is 14.3. The number of carbonyl (C=O) groups excluding carboxylic acids is 1. The van der Waals surface area contributed by atoms with Gasteiger partial charge in [-0.15, -0.1) is 12.4 Å². The van der Waals surface area contributed by atoms with Crippen LogP contribution in [0.4, 0.5) is 0 Å². The molecule has 0 heterocycles. The van der Waals surface area contributed by atoms with Crippen molar-refractivity contribution in [3.63, 3.8) is 0 Å². The number of sulfonamides is 1. The maximum Gasteiger partial charge on any atom is 0.240 e. The minimum atomic E-state index is -3.57. The standard InChI is InChI=1S/C17H27N3O3S.ClH/c18-13-16(14-7-3-1-4-8-14)20-17(21)11-12-19-24(22,23)15-9-5-2-6-10-15;/h2,5-6,9-10,14,16,19H,1,3-4,7-8,11-13,18H2,(H,20,21);1H. The Hall–Kier alpha value is -1.15. The van der Waals surface area contributed by atoms with E-state index in [9.17, 15) is 13.2 Å². The summed E-state index contributed by atoms with van der Waals surface area (Å²) in [6.07, 6.45) is 5.94. The van der Waals surface area contributed by atoms with Crippen molar-refractivity contribution >= 4 is 28.3 Å². The van der Waals surface area contributed by atoms with Gasteiger partial charge in [0, 0.05) is 25.6 Å². The van der Waals surface area contributed by atoms with E-state index in [-0.39, 0.29) is 42.2 Å². The monoisotopic (exact) mass is 389 g/mol. The largest absolute Gasteiger partial charge is 0.352 e. The molecule has 1 saturated carbocycles. The second kappa shape index (κ2) is 10.8. The molecule has 0 bridgehead atoms. The molecule has 1 amide bonds. The number of nitrogens with two attached hydrogens (primary N) is 1. The molecule has 142 valence electrons. The maximum atomic E-state index is 12.1. The lowest BCUT2D eigenvalue weighted by molar-refractivity contribution is -0.122. The summed E-state index contributed by atoms with van der Waals surface area (Å²) in [5, 5.41) is 2.96. The van der Waals surface area contributed by atoms with Gasteiger partial charge in [-0.2, -0.15) is 0 Å². The average Bonchev–Trinajstić information content (AvgIpc) is 2.61. The third kappa shape index (κ3) is 6.93. The number of hydrogen-bond acceptors (Lipinski definition) is 4. The smallest absolute Gasteiger partial charge is 0.240 e. The molecule has 25 heavy (non-hydrogen) atoms. The first-order valence-corrected chi connectivity index (χ1v) is 10.1. The van der Waals surface area contributed by atoms with Crippen LogP contribution < -0.4 is 15.8 Å². The SMILES string of the molecule is Cl.NCC(NC(=O)CCNS(=O)(=O)c1ccccc1)C1CCCCC1. The second-order valence-electron chi connectivity index (χ2n) is 6.27. The number of benzene rings is 1. The van der Waals surface area contributed by atoms with Gasteiger partial charge in [0.1, 0.15) is 0 Å².